The van der Waals surface area contributed by atoms with Crippen LogP contribution < -0.4 is 5.73 Å². The lowest BCUT2D eigenvalue weighted by atomic mass is 9.67. The summed E-state index contributed by atoms with van der Waals surface area (Å²) in [6.45, 7) is 0. The van der Waals surface area contributed by atoms with Crippen molar-refractivity contribution in [1.29, 1.82) is 0 Å². The van der Waals surface area contributed by atoms with Crippen molar-refractivity contribution in [3.8, 4) is 0 Å². The van der Waals surface area contributed by atoms with Gasteiger partial charge in [-0.2, -0.15) is 13.2 Å². The van der Waals surface area contributed by atoms with Crippen LogP contribution in [0.15, 0.2) is 41.3 Å². The highest BCUT2D eigenvalue weighted by Gasteiger charge is 2.73. The van der Waals surface area contributed by atoms with E-state index in [1.807, 2.05) is 0 Å². The summed E-state index contributed by atoms with van der Waals surface area (Å²) >= 11 is 0. The van der Waals surface area contributed by atoms with Crippen molar-refractivity contribution in [3.05, 3.63) is 64.7 Å². The molecule has 2 saturated carbocycles. The second-order valence-electron chi connectivity index (χ2n) is 10.6. The highest BCUT2D eigenvalue weighted by molar-refractivity contribution is 7.90. The van der Waals surface area contributed by atoms with Gasteiger partial charge in [0.25, 0.3) is 5.91 Å². The van der Waals surface area contributed by atoms with Gasteiger partial charge in [0.2, 0.25) is 5.91 Å². The van der Waals surface area contributed by atoms with E-state index in [0.29, 0.717) is 6.07 Å². The standard InChI is InChI=1S/C26H23F5N2O5S/c1-39(37,38)16-4-2-3-12(7-16)24(36)33-21(23(32)35)8-14-11-25(14,33)22(13-5-15(34)6-13)17-9-20(28)18(10-19(17)27)26(29,30)31/h2-4,7,9-10,13-14,21-22H,5-6,8,11H2,1H3,(H2,32,35)/t14?,21?,22-,25?/m1/s1. The number of Topliss-reactive ketones (excluding diaryl/α,β-unsaturated/α-hetero) is 1. The second-order valence-corrected chi connectivity index (χ2v) is 12.6. The molecule has 3 unspecified atom stereocenters. The quantitative estimate of drug-likeness (QED) is 0.533. The van der Waals surface area contributed by atoms with Crippen LogP contribution in [0.4, 0.5) is 22.0 Å². The van der Waals surface area contributed by atoms with Crippen molar-refractivity contribution in [1.82, 2.24) is 4.90 Å². The van der Waals surface area contributed by atoms with Crippen LogP contribution in [0.25, 0.3) is 0 Å². The average molecular weight is 571 g/mol. The molecule has 39 heavy (non-hydrogen) atoms. The van der Waals surface area contributed by atoms with Crippen molar-refractivity contribution in [3.63, 3.8) is 0 Å². The van der Waals surface area contributed by atoms with E-state index in [-0.39, 0.29) is 48.0 Å². The van der Waals surface area contributed by atoms with Gasteiger partial charge in [0.15, 0.2) is 9.84 Å². The normalized spacial score (nSPS) is 25.7. The largest absolute Gasteiger partial charge is 0.419 e. The molecule has 208 valence electrons. The number of nitrogens with two attached hydrogens (primary N) is 1. The van der Waals surface area contributed by atoms with E-state index in [0.717, 1.165) is 17.2 Å². The number of carbonyl (C=O) groups is 3. The molecule has 4 atom stereocenters. The topological polar surface area (TPSA) is 115 Å². The number of likely N-dealkylation sites (tertiary alicyclic amines) is 1. The summed E-state index contributed by atoms with van der Waals surface area (Å²) in [5.74, 6) is -7.06. The zero-order valence-corrected chi connectivity index (χ0v) is 21.3. The number of amides is 2. The number of carbonyl (C=O) groups excluding carboxylic acids is 3. The Labute approximate surface area is 220 Å². The molecule has 2 aromatic rings. The van der Waals surface area contributed by atoms with E-state index in [1.165, 1.54) is 18.2 Å². The third-order valence-corrected chi connectivity index (χ3v) is 9.27. The highest BCUT2D eigenvalue weighted by Crippen LogP contribution is 2.68. The molecule has 0 bridgehead atoms. The van der Waals surface area contributed by atoms with Gasteiger partial charge in [0, 0.05) is 30.6 Å². The molecule has 5 rings (SSSR count). The first-order valence-electron chi connectivity index (χ1n) is 12.1. The van der Waals surface area contributed by atoms with Crippen LogP contribution in [0.5, 0.6) is 0 Å². The third kappa shape index (κ3) is 4.40. The van der Waals surface area contributed by atoms with Gasteiger partial charge < -0.3 is 10.6 Å². The summed E-state index contributed by atoms with van der Waals surface area (Å²) in [6, 6.07) is 4.41. The Morgan fingerprint density at radius 3 is 2.33 bits per heavy atom. The Morgan fingerprint density at radius 1 is 1.10 bits per heavy atom. The molecule has 2 N–H and O–H groups in total. The number of fused-ring (bicyclic) bond motifs is 1. The van der Waals surface area contributed by atoms with Crippen molar-refractivity contribution in [2.75, 3.05) is 6.26 Å². The summed E-state index contributed by atoms with van der Waals surface area (Å²) < 4.78 is 93.9. The van der Waals surface area contributed by atoms with Crippen LogP contribution in [0.3, 0.4) is 0 Å². The number of ketones is 1. The molecule has 2 aliphatic carbocycles. The molecule has 0 radical (unpaired) electrons. The Bertz CT molecular complexity index is 1520. The minimum Gasteiger partial charge on any atom is -0.368 e. The van der Waals surface area contributed by atoms with E-state index < -0.39 is 79.9 Å². The predicted octanol–water partition coefficient (Wildman–Crippen LogP) is 3.61. The summed E-state index contributed by atoms with van der Waals surface area (Å²) in [5.41, 5.74) is 1.96. The summed E-state index contributed by atoms with van der Waals surface area (Å²) in [7, 11) is -3.71. The van der Waals surface area contributed by atoms with Crippen molar-refractivity contribution in [2.24, 2.45) is 17.6 Å². The molecular formula is C26H23F5N2O5S. The first-order valence-corrected chi connectivity index (χ1v) is 14.0. The molecular weight excluding hydrogens is 547 g/mol. The van der Waals surface area contributed by atoms with Gasteiger partial charge in [0.05, 0.1) is 16.0 Å². The SMILES string of the molecule is CS(=O)(=O)c1cccc(C(=O)N2C(C(N)=O)CC3CC32[C@@H](c2cc(F)c(C(F)(F)F)cc2F)C2CC(=O)C2)c1. The van der Waals surface area contributed by atoms with E-state index in [2.05, 4.69) is 0 Å². The van der Waals surface area contributed by atoms with Crippen LogP contribution in [-0.2, 0) is 25.6 Å². The second kappa shape index (κ2) is 8.83. The lowest BCUT2D eigenvalue weighted by molar-refractivity contribution is -0.140. The molecule has 0 aromatic heterocycles. The van der Waals surface area contributed by atoms with E-state index in [9.17, 15) is 40.4 Å². The molecule has 0 spiro atoms. The minimum absolute atomic E-state index is 0.0615. The van der Waals surface area contributed by atoms with Crippen molar-refractivity contribution < 1.29 is 44.8 Å². The monoisotopic (exact) mass is 570 g/mol. The van der Waals surface area contributed by atoms with Crippen LogP contribution in [-0.4, -0.2) is 48.8 Å². The molecule has 3 fully saturated rings. The molecule has 13 heteroatoms. The van der Waals surface area contributed by atoms with Gasteiger partial charge in [-0.25, -0.2) is 17.2 Å². The lowest BCUT2D eigenvalue weighted by Crippen LogP contribution is -2.54. The van der Waals surface area contributed by atoms with Crippen molar-refractivity contribution in [2.45, 2.75) is 54.3 Å². The van der Waals surface area contributed by atoms with E-state index in [1.54, 1.807) is 0 Å². The van der Waals surface area contributed by atoms with Gasteiger partial charge in [-0.05, 0) is 60.6 Å². The number of halogens is 5. The molecule has 2 amide bonds. The smallest absolute Gasteiger partial charge is 0.368 e. The van der Waals surface area contributed by atoms with Gasteiger partial charge >= 0.3 is 6.18 Å². The minimum atomic E-state index is -5.15. The van der Waals surface area contributed by atoms with E-state index >= 15 is 4.39 Å². The van der Waals surface area contributed by atoms with Gasteiger partial charge in [-0.1, -0.05) is 6.07 Å². The molecule has 2 aromatic carbocycles. The van der Waals surface area contributed by atoms with Gasteiger partial charge in [-0.3, -0.25) is 14.4 Å². The highest BCUT2D eigenvalue weighted by atomic mass is 32.2. The Morgan fingerprint density at radius 2 is 1.77 bits per heavy atom. The third-order valence-electron chi connectivity index (χ3n) is 8.16. The maximum Gasteiger partial charge on any atom is 0.419 e. The number of hydrogen-bond acceptors (Lipinski definition) is 5. The van der Waals surface area contributed by atoms with Gasteiger partial charge in [-0.15, -0.1) is 0 Å². The predicted molar refractivity (Wildman–Crippen MR) is 126 cm³/mol. The number of rotatable bonds is 6. The fraction of sp³-hybridized carbons (Fsp3) is 0.423. The summed E-state index contributed by atoms with van der Waals surface area (Å²) in [5, 5.41) is 0. The average Bonchev–Trinajstić information content (AvgIpc) is 3.42. The Kier molecular flexibility index (Phi) is 6.17. The number of nitrogens with zero attached hydrogens (tertiary/aromatic N) is 1. The Hall–Kier alpha value is -3.35. The Balaban J connectivity index is 1.65. The summed E-state index contributed by atoms with van der Waals surface area (Å²) in [6.07, 6.45) is -4.03. The number of piperidine rings is 1. The number of alkyl halides is 3. The first kappa shape index (κ1) is 27.2. The number of benzene rings is 2. The van der Waals surface area contributed by atoms with Crippen LogP contribution in [0.2, 0.25) is 0 Å². The molecule has 1 aliphatic heterocycles. The fourth-order valence-electron chi connectivity index (χ4n) is 6.40. The molecule has 1 heterocycles. The zero-order valence-electron chi connectivity index (χ0n) is 20.5. The fourth-order valence-corrected chi connectivity index (χ4v) is 7.06. The summed E-state index contributed by atoms with van der Waals surface area (Å²) in [4.78, 5) is 39.3. The number of sulfone groups is 1. The molecule has 3 aliphatic rings. The van der Waals surface area contributed by atoms with Crippen LogP contribution in [0, 0.1) is 23.5 Å². The van der Waals surface area contributed by atoms with Crippen LogP contribution >= 0.6 is 0 Å². The first-order chi connectivity index (χ1) is 18.1. The lowest BCUT2D eigenvalue weighted by Gasteiger charge is -2.44. The van der Waals surface area contributed by atoms with Crippen molar-refractivity contribution >= 4 is 27.4 Å². The van der Waals surface area contributed by atoms with E-state index in [4.69, 9.17) is 5.73 Å². The zero-order chi connectivity index (χ0) is 28.7. The molecule has 1 saturated heterocycles. The maximum atomic E-state index is 15.3. The molecule has 7 nitrogen and oxygen atoms in total. The maximum absolute atomic E-state index is 15.3. The van der Waals surface area contributed by atoms with Crippen LogP contribution in [0.1, 0.15) is 53.1 Å². The number of hydrogen-bond donors (Lipinski definition) is 1. The van der Waals surface area contributed by atoms with Gasteiger partial charge in [0.1, 0.15) is 23.5 Å². The number of primary amides is 1.